The lowest BCUT2D eigenvalue weighted by atomic mass is 9.79. The van der Waals surface area contributed by atoms with Crippen LogP contribution >= 0.6 is 11.8 Å². The summed E-state index contributed by atoms with van der Waals surface area (Å²) in [6, 6.07) is 11.2. The molecule has 5 rings (SSSR count). The monoisotopic (exact) mass is 679 g/mol. The summed E-state index contributed by atoms with van der Waals surface area (Å²) < 4.78 is 27.5. The average molecular weight is 680 g/mol. The van der Waals surface area contributed by atoms with Gasteiger partial charge < -0.3 is 10.0 Å². The number of aryl methyl sites for hydroxylation is 1. The number of unbranched alkanes of at least 4 members (excludes halogenated alkanes) is 1. The molecule has 0 amide bonds. The molecule has 1 aromatic heterocycles. The van der Waals surface area contributed by atoms with E-state index in [0.29, 0.717) is 39.6 Å². The molecule has 0 bridgehead atoms. The number of rotatable bonds is 12. The second-order valence-corrected chi connectivity index (χ2v) is 16.1. The van der Waals surface area contributed by atoms with E-state index in [1.807, 2.05) is 13.8 Å². The fraction of sp³-hybridized carbons (Fsp3) is 0.500. The summed E-state index contributed by atoms with van der Waals surface area (Å²) in [6.07, 6.45) is 3.45. The third kappa shape index (κ3) is 7.47. The van der Waals surface area contributed by atoms with E-state index < -0.39 is 16.0 Å². The van der Waals surface area contributed by atoms with Crippen LogP contribution in [0, 0.1) is 6.92 Å². The fourth-order valence-electron chi connectivity index (χ4n) is 6.24. The van der Waals surface area contributed by atoms with Crippen LogP contribution in [0.15, 0.2) is 51.4 Å². The number of nitrogens with one attached hydrogen (secondary N) is 1. The van der Waals surface area contributed by atoms with Gasteiger partial charge in [-0.25, -0.2) is 27.9 Å². The lowest BCUT2D eigenvalue weighted by Crippen LogP contribution is -2.48. The SMILES string of the molecule is CCCCS(=O)(=O)NCC(C)c1nc2n(n1)N=C(Sc1ccccc1C(=O)O)/C2=N/c1cc2c(cc1C)N(CCC)C(C)(C)CC2C. The van der Waals surface area contributed by atoms with Crippen LogP contribution in [0.2, 0.25) is 0 Å². The molecule has 3 heterocycles. The van der Waals surface area contributed by atoms with E-state index in [4.69, 9.17) is 15.1 Å². The highest BCUT2D eigenvalue weighted by Gasteiger charge is 2.37. The number of aromatic nitrogens is 3. The Balaban J connectivity index is 1.55. The number of nitrogens with zero attached hydrogens (tertiary/aromatic N) is 6. The number of benzene rings is 2. The molecule has 3 aromatic rings. The van der Waals surface area contributed by atoms with Crippen molar-refractivity contribution in [2.45, 2.75) is 96.4 Å². The smallest absolute Gasteiger partial charge is 0.336 e. The van der Waals surface area contributed by atoms with E-state index in [9.17, 15) is 18.3 Å². The van der Waals surface area contributed by atoms with Gasteiger partial charge in [-0.2, -0.15) is 0 Å². The highest BCUT2D eigenvalue weighted by atomic mass is 32.2. The van der Waals surface area contributed by atoms with E-state index in [1.165, 1.54) is 27.8 Å². The van der Waals surface area contributed by atoms with Crippen LogP contribution in [0.4, 0.5) is 11.4 Å². The van der Waals surface area contributed by atoms with Gasteiger partial charge in [0.15, 0.2) is 10.9 Å². The molecular weight excluding hydrogens is 635 g/mol. The Morgan fingerprint density at radius 1 is 1.21 bits per heavy atom. The number of anilines is 1. The van der Waals surface area contributed by atoms with Crippen molar-refractivity contribution in [1.82, 2.24) is 19.6 Å². The standard InChI is InChI=1S/C34H45N7O4S2/c1-8-10-16-47(44,45)35-20-23(5)30-37-31-29(32(39-41(31)38-30)46-28-14-12-11-13-24(28)33(42)43)36-26-18-25-22(4)19-34(6,7)40(15-9-2)27(25)17-21(26)3/h11-14,17-18,22-23,35H,8-10,15-16,19-20H2,1-7H3,(H,42,43)/b36-29+. The molecule has 2 atom stereocenters. The zero-order chi connectivity index (χ0) is 34.1. The van der Waals surface area contributed by atoms with E-state index in [2.05, 4.69) is 61.5 Å². The summed E-state index contributed by atoms with van der Waals surface area (Å²) in [5.41, 5.74) is 4.97. The molecule has 2 aliphatic heterocycles. The number of hydrogen-bond donors (Lipinski definition) is 2. The van der Waals surface area contributed by atoms with Gasteiger partial charge in [0, 0.05) is 35.1 Å². The van der Waals surface area contributed by atoms with Crippen LogP contribution in [0.5, 0.6) is 0 Å². The van der Waals surface area contributed by atoms with Gasteiger partial charge in [0.05, 0.1) is 17.0 Å². The normalized spacial score (nSPS) is 18.6. The first kappa shape index (κ1) is 34.8. The number of carboxylic acid groups (broad SMARTS) is 1. The molecule has 0 radical (unpaired) electrons. The first-order valence-corrected chi connectivity index (χ1v) is 18.8. The maximum atomic E-state index is 12.4. The lowest BCUT2D eigenvalue weighted by Gasteiger charge is -2.48. The van der Waals surface area contributed by atoms with Gasteiger partial charge in [0.2, 0.25) is 15.8 Å². The second-order valence-electron chi connectivity index (χ2n) is 13.1. The summed E-state index contributed by atoms with van der Waals surface area (Å²) in [5, 5.41) is 19.6. The second kappa shape index (κ2) is 13.9. The van der Waals surface area contributed by atoms with Crippen molar-refractivity contribution < 1.29 is 18.3 Å². The third-order valence-corrected chi connectivity index (χ3v) is 11.2. The van der Waals surface area contributed by atoms with Crippen molar-refractivity contribution >= 4 is 49.9 Å². The fourth-order valence-corrected chi connectivity index (χ4v) is 8.53. The van der Waals surface area contributed by atoms with Gasteiger partial charge in [0.25, 0.3) is 0 Å². The zero-order valence-corrected chi connectivity index (χ0v) is 29.9. The molecule has 11 nitrogen and oxygen atoms in total. The summed E-state index contributed by atoms with van der Waals surface area (Å²) in [5.74, 6) is -0.0669. The largest absolute Gasteiger partial charge is 0.478 e. The Hall–Kier alpha value is -3.55. The molecule has 252 valence electrons. The molecule has 2 aromatic carbocycles. The number of carbonyl (C=O) groups is 1. The van der Waals surface area contributed by atoms with Gasteiger partial charge in [-0.3, -0.25) is 0 Å². The Morgan fingerprint density at radius 3 is 2.66 bits per heavy atom. The van der Waals surface area contributed by atoms with Gasteiger partial charge in [-0.05, 0) is 81.3 Å². The summed E-state index contributed by atoms with van der Waals surface area (Å²) in [7, 11) is -3.40. The Bertz CT molecular complexity index is 1830. The minimum absolute atomic E-state index is 0.0371. The number of aromatic carboxylic acids is 1. The minimum atomic E-state index is -3.40. The van der Waals surface area contributed by atoms with Crippen molar-refractivity contribution in [2.75, 3.05) is 23.7 Å². The average Bonchev–Trinajstić information content (AvgIpc) is 3.56. The van der Waals surface area contributed by atoms with Gasteiger partial charge >= 0.3 is 5.97 Å². The van der Waals surface area contributed by atoms with Crippen LogP contribution in [-0.2, 0) is 10.0 Å². The number of fused-ring (bicyclic) bond motifs is 2. The van der Waals surface area contributed by atoms with Crippen molar-refractivity contribution in [3.05, 3.63) is 64.7 Å². The Kier molecular flexibility index (Phi) is 10.3. The zero-order valence-electron chi connectivity index (χ0n) is 28.2. The number of sulfonamides is 1. The molecule has 0 saturated carbocycles. The quantitative estimate of drug-likeness (QED) is 0.215. The third-order valence-electron chi connectivity index (χ3n) is 8.73. The Labute approximate surface area is 282 Å². The van der Waals surface area contributed by atoms with Crippen LogP contribution in [0.1, 0.15) is 112 Å². The Morgan fingerprint density at radius 2 is 1.96 bits per heavy atom. The lowest BCUT2D eigenvalue weighted by molar-refractivity contribution is 0.0693. The number of aliphatic imine (C=N–C) groups is 1. The minimum Gasteiger partial charge on any atom is -0.478 e. The van der Waals surface area contributed by atoms with Crippen LogP contribution in [0.25, 0.3) is 0 Å². The molecule has 13 heteroatoms. The van der Waals surface area contributed by atoms with Crippen LogP contribution < -0.4 is 9.62 Å². The van der Waals surface area contributed by atoms with E-state index in [-0.39, 0.29) is 29.3 Å². The highest BCUT2D eigenvalue weighted by molar-refractivity contribution is 8.16. The maximum absolute atomic E-state index is 12.4. The molecule has 2 aliphatic rings. The van der Waals surface area contributed by atoms with Crippen molar-refractivity contribution in [1.29, 1.82) is 0 Å². The van der Waals surface area contributed by atoms with Crippen molar-refractivity contribution in [3.8, 4) is 0 Å². The predicted octanol–water partition coefficient (Wildman–Crippen LogP) is 6.70. The number of carboxylic acids is 1. The summed E-state index contributed by atoms with van der Waals surface area (Å²) in [6.45, 7) is 16.1. The summed E-state index contributed by atoms with van der Waals surface area (Å²) in [4.78, 5) is 26.4. The molecule has 47 heavy (non-hydrogen) atoms. The van der Waals surface area contributed by atoms with Gasteiger partial charge in [-0.15, -0.1) is 15.0 Å². The van der Waals surface area contributed by atoms with E-state index in [0.717, 1.165) is 37.1 Å². The first-order valence-electron chi connectivity index (χ1n) is 16.3. The summed E-state index contributed by atoms with van der Waals surface area (Å²) >= 11 is 1.21. The topological polar surface area (TPSA) is 142 Å². The maximum Gasteiger partial charge on any atom is 0.336 e. The van der Waals surface area contributed by atoms with E-state index >= 15 is 0 Å². The van der Waals surface area contributed by atoms with E-state index in [1.54, 1.807) is 24.3 Å². The van der Waals surface area contributed by atoms with Gasteiger partial charge in [-0.1, -0.05) is 58.0 Å². The molecule has 0 fully saturated rings. The van der Waals surface area contributed by atoms with Crippen molar-refractivity contribution in [3.63, 3.8) is 0 Å². The predicted molar refractivity (Wildman–Crippen MR) is 189 cm³/mol. The molecular formula is C34H45N7O4S2. The highest BCUT2D eigenvalue weighted by Crippen LogP contribution is 2.46. The van der Waals surface area contributed by atoms with Crippen LogP contribution in [0.3, 0.4) is 0 Å². The first-order chi connectivity index (χ1) is 22.2. The van der Waals surface area contributed by atoms with Crippen molar-refractivity contribution in [2.24, 2.45) is 10.1 Å². The van der Waals surface area contributed by atoms with Crippen LogP contribution in [-0.4, -0.2) is 69.5 Å². The van der Waals surface area contributed by atoms with Gasteiger partial charge in [0.1, 0.15) is 5.71 Å². The molecule has 0 saturated heterocycles. The molecule has 0 aliphatic carbocycles. The molecule has 2 N–H and O–H groups in total. The molecule has 2 unspecified atom stereocenters. The molecule has 0 spiro atoms. The number of hydrogen-bond acceptors (Lipinski definition) is 9. The number of thioether (sulfide) groups is 1.